The molecule has 40 heavy (non-hydrogen) atoms. The van der Waals surface area contributed by atoms with Crippen LogP contribution >= 0.6 is 0 Å². The number of esters is 4. The summed E-state index contributed by atoms with van der Waals surface area (Å²) < 4.78 is 9.99. The molecule has 2 fully saturated rings. The highest BCUT2D eigenvalue weighted by molar-refractivity contribution is 6.01. The molecule has 1 aromatic carbocycles. The SMILES string of the molecule is CCCCCCCCCCCCCC(=O)NCC1C2C(=O)OC(=O)C2c2ccccc2C1(C)C1CC(=O)OC1=O. The van der Waals surface area contributed by atoms with Gasteiger partial charge in [-0.15, -0.1) is 0 Å². The van der Waals surface area contributed by atoms with Gasteiger partial charge in [0.2, 0.25) is 5.91 Å². The molecule has 0 spiro atoms. The second-order valence-corrected chi connectivity index (χ2v) is 11.9. The highest BCUT2D eigenvalue weighted by Crippen LogP contribution is 2.57. The lowest BCUT2D eigenvalue weighted by Crippen LogP contribution is -2.54. The monoisotopic (exact) mass is 553 g/mol. The van der Waals surface area contributed by atoms with Gasteiger partial charge in [0.15, 0.2) is 0 Å². The number of hydrogen-bond acceptors (Lipinski definition) is 7. The zero-order valence-corrected chi connectivity index (χ0v) is 23.9. The molecule has 0 bridgehead atoms. The van der Waals surface area contributed by atoms with Crippen LogP contribution in [0.3, 0.4) is 0 Å². The molecule has 1 aromatic rings. The van der Waals surface area contributed by atoms with Crippen LogP contribution in [-0.4, -0.2) is 36.3 Å². The van der Waals surface area contributed by atoms with Gasteiger partial charge >= 0.3 is 23.9 Å². The van der Waals surface area contributed by atoms with E-state index in [0.29, 0.717) is 17.5 Å². The van der Waals surface area contributed by atoms with Gasteiger partial charge in [-0.25, -0.2) is 0 Å². The number of ether oxygens (including phenoxy) is 2. The van der Waals surface area contributed by atoms with Gasteiger partial charge in [0.1, 0.15) is 0 Å². The van der Waals surface area contributed by atoms with Crippen LogP contribution in [0.15, 0.2) is 24.3 Å². The summed E-state index contributed by atoms with van der Waals surface area (Å²) in [6.07, 6.45) is 13.4. The normalized spacial score (nSPS) is 27.2. The van der Waals surface area contributed by atoms with E-state index in [1.807, 2.05) is 19.1 Å². The van der Waals surface area contributed by atoms with Gasteiger partial charge in [-0.05, 0) is 17.5 Å². The molecule has 0 radical (unpaired) electrons. The molecule has 1 N–H and O–H groups in total. The summed E-state index contributed by atoms with van der Waals surface area (Å²) in [7, 11) is 0. The fraction of sp³-hybridized carbons (Fsp3) is 0.656. The summed E-state index contributed by atoms with van der Waals surface area (Å²) in [6.45, 7) is 4.15. The Hall–Kier alpha value is -3.03. The number of rotatable bonds is 15. The Balaban J connectivity index is 1.37. The molecule has 1 aliphatic carbocycles. The van der Waals surface area contributed by atoms with E-state index in [-0.39, 0.29) is 18.9 Å². The first-order chi connectivity index (χ1) is 19.3. The zero-order chi connectivity index (χ0) is 28.7. The van der Waals surface area contributed by atoms with E-state index >= 15 is 0 Å². The lowest BCUT2D eigenvalue weighted by molar-refractivity contribution is -0.157. The van der Waals surface area contributed by atoms with Crippen LogP contribution in [0.5, 0.6) is 0 Å². The molecule has 2 saturated heterocycles. The van der Waals surface area contributed by atoms with Crippen molar-refractivity contribution in [1.82, 2.24) is 5.32 Å². The fourth-order valence-electron chi connectivity index (χ4n) is 7.04. The highest BCUT2D eigenvalue weighted by Gasteiger charge is 2.63. The van der Waals surface area contributed by atoms with Crippen molar-refractivity contribution in [3.05, 3.63) is 35.4 Å². The van der Waals surface area contributed by atoms with Crippen molar-refractivity contribution in [1.29, 1.82) is 0 Å². The topological polar surface area (TPSA) is 116 Å². The molecule has 8 heteroatoms. The maximum absolute atomic E-state index is 13.0. The number of cyclic esters (lactones) is 4. The molecule has 5 atom stereocenters. The summed E-state index contributed by atoms with van der Waals surface area (Å²) in [5, 5.41) is 2.98. The molecular weight excluding hydrogens is 510 g/mol. The molecule has 3 aliphatic rings. The van der Waals surface area contributed by atoms with E-state index in [4.69, 9.17) is 9.47 Å². The van der Waals surface area contributed by atoms with Gasteiger partial charge in [0, 0.05) is 24.3 Å². The van der Waals surface area contributed by atoms with E-state index in [1.54, 1.807) is 12.1 Å². The van der Waals surface area contributed by atoms with E-state index in [1.165, 1.54) is 51.4 Å². The maximum atomic E-state index is 13.0. The Kier molecular flexibility index (Phi) is 10.1. The summed E-state index contributed by atoms with van der Waals surface area (Å²) in [5.41, 5.74) is 0.319. The first kappa shape index (κ1) is 29.9. The summed E-state index contributed by atoms with van der Waals surface area (Å²) >= 11 is 0. The van der Waals surface area contributed by atoms with E-state index in [0.717, 1.165) is 19.3 Å². The van der Waals surface area contributed by atoms with Crippen LogP contribution in [0.1, 0.15) is 114 Å². The quantitative estimate of drug-likeness (QED) is 0.179. The highest BCUT2D eigenvalue weighted by atomic mass is 16.6. The van der Waals surface area contributed by atoms with Gasteiger partial charge < -0.3 is 14.8 Å². The van der Waals surface area contributed by atoms with Crippen molar-refractivity contribution in [3.63, 3.8) is 0 Å². The van der Waals surface area contributed by atoms with Crippen molar-refractivity contribution in [3.8, 4) is 0 Å². The van der Waals surface area contributed by atoms with Gasteiger partial charge in [-0.3, -0.25) is 24.0 Å². The van der Waals surface area contributed by atoms with Gasteiger partial charge in [-0.2, -0.15) is 0 Å². The average Bonchev–Trinajstić information content (AvgIpc) is 3.43. The lowest BCUT2D eigenvalue weighted by atomic mass is 9.52. The smallest absolute Gasteiger partial charge is 0.321 e. The van der Waals surface area contributed by atoms with Crippen molar-refractivity contribution in [2.75, 3.05) is 6.54 Å². The number of amides is 1. The Morgan fingerprint density at radius 2 is 1.48 bits per heavy atom. The van der Waals surface area contributed by atoms with E-state index < -0.39 is 53.0 Å². The predicted molar refractivity (Wildman–Crippen MR) is 148 cm³/mol. The van der Waals surface area contributed by atoms with Crippen LogP contribution in [0.2, 0.25) is 0 Å². The number of fused-ring (bicyclic) bond motifs is 3. The average molecular weight is 554 g/mol. The van der Waals surface area contributed by atoms with Crippen LogP contribution in [0.25, 0.3) is 0 Å². The summed E-state index contributed by atoms with van der Waals surface area (Å²) in [4.78, 5) is 63.5. The number of benzene rings is 1. The third kappa shape index (κ3) is 6.31. The lowest BCUT2D eigenvalue weighted by Gasteiger charge is -2.48. The standard InChI is InChI=1S/C32H43NO7/c1-3-4-5-6-7-8-9-10-11-12-13-18-25(34)33-20-24-28-27(30(37)40-31(28)38)21-16-14-15-17-22(21)32(24,2)23-19-26(35)39-29(23)36/h14-17,23-24,27-28H,3-13,18-20H2,1-2H3,(H,33,34). The minimum Gasteiger partial charge on any atom is -0.393 e. The minimum atomic E-state index is -1.02. The van der Waals surface area contributed by atoms with Crippen molar-refractivity contribution in [2.45, 2.75) is 109 Å². The molecule has 4 rings (SSSR count). The Labute approximate surface area is 236 Å². The molecule has 0 aromatic heterocycles. The van der Waals surface area contributed by atoms with Crippen LogP contribution in [0, 0.1) is 17.8 Å². The number of carbonyl (C=O) groups is 5. The van der Waals surface area contributed by atoms with Crippen molar-refractivity contribution < 1.29 is 33.4 Å². The molecule has 2 aliphatic heterocycles. The Morgan fingerprint density at radius 1 is 0.850 bits per heavy atom. The Morgan fingerprint density at radius 3 is 2.10 bits per heavy atom. The predicted octanol–water partition coefficient (Wildman–Crippen LogP) is 5.26. The number of hydrogen-bond donors (Lipinski definition) is 1. The fourth-order valence-corrected chi connectivity index (χ4v) is 7.04. The summed E-state index contributed by atoms with van der Waals surface area (Å²) in [5.74, 6) is -5.79. The van der Waals surface area contributed by atoms with E-state index in [2.05, 4.69) is 12.2 Å². The molecule has 2 heterocycles. The zero-order valence-electron chi connectivity index (χ0n) is 23.9. The largest absolute Gasteiger partial charge is 0.393 e. The van der Waals surface area contributed by atoms with Crippen molar-refractivity contribution >= 4 is 29.8 Å². The molecular formula is C32H43NO7. The van der Waals surface area contributed by atoms with Gasteiger partial charge in [0.05, 0.1) is 24.2 Å². The molecule has 1 amide bonds. The van der Waals surface area contributed by atoms with Crippen LogP contribution in [0.4, 0.5) is 0 Å². The molecule has 218 valence electrons. The molecule has 0 saturated carbocycles. The first-order valence-electron chi connectivity index (χ1n) is 15.1. The number of carbonyl (C=O) groups excluding carboxylic acids is 5. The van der Waals surface area contributed by atoms with Crippen LogP contribution < -0.4 is 5.32 Å². The molecule has 8 nitrogen and oxygen atoms in total. The minimum absolute atomic E-state index is 0.0865. The number of nitrogens with one attached hydrogen (secondary N) is 1. The second-order valence-electron chi connectivity index (χ2n) is 11.9. The third-order valence-corrected chi connectivity index (χ3v) is 9.29. The van der Waals surface area contributed by atoms with Gasteiger partial charge in [0.25, 0.3) is 0 Å². The number of unbranched alkanes of at least 4 members (excludes halogenated alkanes) is 10. The Bertz CT molecular complexity index is 1110. The van der Waals surface area contributed by atoms with Crippen molar-refractivity contribution in [2.24, 2.45) is 17.8 Å². The van der Waals surface area contributed by atoms with E-state index in [9.17, 15) is 24.0 Å². The molecule has 5 unspecified atom stereocenters. The third-order valence-electron chi connectivity index (χ3n) is 9.29. The maximum Gasteiger partial charge on any atom is 0.321 e. The first-order valence-corrected chi connectivity index (χ1v) is 15.1. The summed E-state index contributed by atoms with van der Waals surface area (Å²) in [6, 6.07) is 7.19. The van der Waals surface area contributed by atoms with Gasteiger partial charge in [-0.1, -0.05) is 102 Å². The second kappa shape index (κ2) is 13.6. The van der Waals surface area contributed by atoms with Crippen LogP contribution in [-0.2, 0) is 38.9 Å².